The van der Waals surface area contributed by atoms with E-state index < -0.39 is 19.0 Å². The van der Waals surface area contributed by atoms with E-state index >= 15 is 0 Å². The van der Waals surface area contributed by atoms with E-state index in [1.807, 2.05) is 0 Å². The number of nitrogens with one attached hydrogen (secondary N) is 1. The lowest BCUT2D eigenvalue weighted by Crippen LogP contribution is -2.43. The van der Waals surface area contributed by atoms with Crippen LogP contribution in [0.25, 0.3) is 0 Å². The Labute approximate surface area is 82.5 Å². The highest BCUT2D eigenvalue weighted by Crippen LogP contribution is 2.17. The van der Waals surface area contributed by atoms with Crippen LogP contribution < -0.4 is 5.32 Å². The number of alkyl halides is 2. The smallest absolute Gasteiger partial charge is 0.317 e. The average molecular weight is 206 g/mol. The van der Waals surface area contributed by atoms with Crippen molar-refractivity contribution in [2.24, 2.45) is 0 Å². The maximum Gasteiger partial charge on any atom is 0.317 e. The Bertz CT molecular complexity index is 193. The van der Waals surface area contributed by atoms with E-state index in [1.165, 1.54) is 7.05 Å². The maximum atomic E-state index is 11.9. The Hall–Kier alpha value is -0.870. The topological polar surface area (TPSA) is 32.3 Å². The molecule has 0 aliphatic heterocycles. The second-order valence-electron chi connectivity index (χ2n) is 3.70. The van der Waals surface area contributed by atoms with E-state index in [2.05, 4.69) is 5.32 Å². The molecule has 1 aliphatic rings. The normalized spacial score (nSPS) is 17.4. The van der Waals surface area contributed by atoms with Crippen molar-refractivity contribution in [2.45, 2.75) is 38.2 Å². The molecule has 0 bridgehead atoms. The minimum Gasteiger partial charge on any atom is -0.335 e. The lowest BCUT2D eigenvalue weighted by molar-refractivity contribution is 0.107. The number of hydrogen-bond acceptors (Lipinski definition) is 1. The van der Waals surface area contributed by atoms with Crippen LogP contribution in [-0.4, -0.2) is 37.0 Å². The molecule has 1 rings (SSSR count). The molecule has 3 nitrogen and oxygen atoms in total. The van der Waals surface area contributed by atoms with Crippen LogP contribution in [0.4, 0.5) is 13.6 Å². The Morgan fingerprint density at radius 1 is 1.50 bits per heavy atom. The zero-order chi connectivity index (χ0) is 10.6. The van der Waals surface area contributed by atoms with Crippen molar-refractivity contribution in [1.29, 1.82) is 0 Å². The molecule has 0 saturated heterocycles. The molecule has 1 fully saturated rings. The molecular weight excluding hydrogens is 190 g/mol. The number of nitrogens with zero attached hydrogens (tertiary/aromatic N) is 1. The Kier molecular flexibility index (Phi) is 4.10. The number of amides is 2. The van der Waals surface area contributed by atoms with E-state index in [0.29, 0.717) is 0 Å². The van der Waals surface area contributed by atoms with Crippen molar-refractivity contribution >= 4 is 6.03 Å². The fourth-order valence-electron chi connectivity index (χ4n) is 1.64. The van der Waals surface area contributed by atoms with E-state index in [4.69, 9.17) is 0 Å². The molecule has 0 unspecified atom stereocenters. The fourth-order valence-corrected chi connectivity index (χ4v) is 1.64. The number of urea groups is 1. The first-order valence-corrected chi connectivity index (χ1v) is 4.89. The van der Waals surface area contributed by atoms with Gasteiger partial charge >= 0.3 is 6.03 Å². The van der Waals surface area contributed by atoms with Crippen LogP contribution in [-0.2, 0) is 0 Å². The largest absolute Gasteiger partial charge is 0.335 e. The van der Waals surface area contributed by atoms with Crippen molar-refractivity contribution in [3.05, 3.63) is 0 Å². The first-order valence-electron chi connectivity index (χ1n) is 4.89. The van der Waals surface area contributed by atoms with Crippen molar-refractivity contribution in [1.82, 2.24) is 10.2 Å². The van der Waals surface area contributed by atoms with Crippen LogP contribution in [0, 0.1) is 0 Å². The molecule has 14 heavy (non-hydrogen) atoms. The van der Waals surface area contributed by atoms with Crippen molar-refractivity contribution < 1.29 is 13.6 Å². The molecular formula is C9H16F2N2O. The van der Waals surface area contributed by atoms with Crippen LogP contribution in [0.1, 0.15) is 25.7 Å². The van der Waals surface area contributed by atoms with Gasteiger partial charge < -0.3 is 10.2 Å². The Morgan fingerprint density at radius 3 is 2.57 bits per heavy atom. The Balaban J connectivity index is 2.25. The summed E-state index contributed by atoms with van der Waals surface area (Å²) < 4.78 is 23.9. The lowest BCUT2D eigenvalue weighted by atomic mass is 10.2. The van der Waals surface area contributed by atoms with E-state index in [9.17, 15) is 13.6 Å². The number of halogens is 2. The number of hydrogen-bond donors (Lipinski definition) is 1. The summed E-state index contributed by atoms with van der Waals surface area (Å²) >= 11 is 0. The van der Waals surface area contributed by atoms with Crippen molar-refractivity contribution in [3.8, 4) is 0 Å². The molecule has 0 spiro atoms. The third kappa shape index (κ3) is 3.47. The predicted octanol–water partition coefficient (Wildman–Crippen LogP) is 1.84. The van der Waals surface area contributed by atoms with Gasteiger partial charge in [0, 0.05) is 13.1 Å². The summed E-state index contributed by atoms with van der Waals surface area (Å²) in [6, 6.07) is -0.208. The summed E-state index contributed by atoms with van der Waals surface area (Å²) in [4.78, 5) is 12.3. The number of carbonyl (C=O) groups is 1. The van der Waals surface area contributed by atoms with Gasteiger partial charge in [0.25, 0.3) is 6.43 Å². The first-order chi connectivity index (χ1) is 6.59. The standard InChI is InChI=1S/C9H16F2N2O/c1-13(6-8(10)11)9(14)12-7-4-2-3-5-7/h7-8H,2-6H2,1H3,(H,12,14). The summed E-state index contributed by atoms with van der Waals surface area (Å²) in [6.45, 7) is -0.501. The molecule has 0 atom stereocenters. The van der Waals surface area contributed by atoms with Crippen LogP contribution in [0.15, 0.2) is 0 Å². The average Bonchev–Trinajstić information content (AvgIpc) is 2.55. The van der Waals surface area contributed by atoms with Crippen LogP contribution in [0.3, 0.4) is 0 Å². The van der Waals surface area contributed by atoms with Gasteiger partial charge in [-0.3, -0.25) is 0 Å². The Morgan fingerprint density at radius 2 is 2.07 bits per heavy atom. The number of rotatable bonds is 3. The summed E-state index contributed by atoms with van der Waals surface area (Å²) in [6.07, 6.45) is 1.70. The molecule has 2 amide bonds. The van der Waals surface area contributed by atoms with E-state index in [-0.39, 0.29) is 6.04 Å². The zero-order valence-electron chi connectivity index (χ0n) is 8.30. The third-order valence-corrected chi connectivity index (χ3v) is 2.44. The summed E-state index contributed by atoms with van der Waals surface area (Å²) in [5, 5.41) is 2.74. The second-order valence-corrected chi connectivity index (χ2v) is 3.70. The second kappa shape index (κ2) is 5.12. The molecule has 0 aromatic carbocycles. The van der Waals surface area contributed by atoms with Crippen LogP contribution in [0.5, 0.6) is 0 Å². The lowest BCUT2D eigenvalue weighted by Gasteiger charge is -2.20. The van der Waals surface area contributed by atoms with E-state index in [0.717, 1.165) is 30.6 Å². The first kappa shape index (κ1) is 11.2. The SMILES string of the molecule is CN(CC(F)F)C(=O)NC1CCCC1. The van der Waals surface area contributed by atoms with Gasteiger partial charge in [-0.25, -0.2) is 13.6 Å². The molecule has 0 aromatic heterocycles. The van der Waals surface area contributed by atoms with Gasteiger partial charge in [0.15, 0.2) is 0 Å². The summed E-state index contributed by atoms with van der Waals surface area (Å²) in [5.74, 6) is 0. The predicted molar refractivity (Wildman–Crippen MR) is 49.4 cm³/mol. The van der Waals surface area contributed by atoms with Crippen molar-refractivity contribution in [2.75, 3.05) is 13.6 Å². The highest BCUT2D eigenvalue weighted by Gasteiger charge is 2.20. The van der Waals surface area contributed by atoms with Crippen LogP contribution >= 0.6 is 0 Å². The summed E-state index contributed by atoms with van der Waals surface area (Å²) in [7, 11) is 1.39. The van der Waals surface area contributed by atoms with Gasteiger partial charge in [0.2, 0.25) is 0 Å². The highest BCUT2D eigenvalue weighted by molar-refractivity contribution is 5.74. The molecule has 0 radical (unpaired) electrons. The highest BCUT2D eigenvalue weighted by atomic mass is 19.3. The minimum atomic E-state index is -2.46. The fraction of sp³-hybridized carbons (Fsp3) is 0.889. The number of carbonyl (C=O) groups excluding carboxylic acids is 1. The van der Waals surface area contributed by atoms with Gasteiger partial charge in [-0.1, -0.05) is 12.8 Å². The molecule has 0 aromatic rings. The van der Waals surface area contributed by atoms with Gasteiger partial charge in [0.05, 0.1) is 6.54 Å². The third-order valence-electron chi connectivity index (χ3n) is 2.44. The molecule has 82 valence electrons. The van der Waals surface area contributed by atoms with Crippen LogP contribution in [0.2, 0.25) is 0 Å². The molecule has 1 aliphatic carbocycles. The molecule has 5 heteroatoms. The molecule has 1 N–H and O–H groups in total. The van der Waals surface area contributed by atoms with Gasteiger partial charge in [0.1, 0.15) is 0 Å². The monoisotopic (exact) mass is 206 g/mol. The minimum absolute atomic E-state index is 0.183. The quantitative estimate of drug-likeness (QED) is 0.750. The maximum absolute atomic E-state index is 11.9. The van der Waals surface area contributed by atoms with Gasteiger partial charge in [-0.05, 0) is 12.8 Å². The van der Waals surface area contributed by atoms with E-state index in [1.54, 1.807) is 0 Å². The molecule has 0 heterocycles. The van der Waals surface area contributed by atoms with Gasteiger partial charge in [-0.2, -0.15) is 0 Å². The summed E-state index contributed by atoms with van der Waals surface area (Å²) in [5.41, 5.74) is 0. The zero-order valence-corrected chi connectivity index (χ0v) is 8.30. The molecule has 1 saturated carbocycles. The van der Waals surface area contributed by atoms with Gasteiger partial charge in [-0.15, -0.1) is 0 Å². The van der Waals surface area contributed by atoms with Crippen molar-refractivity contribution in [3.63, 3.8) is 0 Å².